The van der Waals surface area contributed by atoms with Crippen LogP contribution < -0.4 is 0 Å². The molecule has 110 valence electrons. The van der Waals surface area contributed by atoms with Gasteiger partial charge in [0.05, 0.1) is 0 Å². The van der Waals surface area contributed by atoms with Gasteiger partial charge in [-0.3, -0.25) is 0 Å². The van der Waals surface area contributed by atoms with E-state index in [0.717, 1.165) is 11.1 Å². The summed E-state index contributed by atoms with van der Waals surface area (Å²) in [6.07, 6.45) is 0.536. The molecule has 2 unspecified atom stereocenters. The van der Waals surface area contributed by atoms with E-state index >= 15 is 0 Å². The summed E-state index contributed by atoms with van der Waals surface area (Å²) in [4.78, 5) is 0. The van der Waals surface area contributed by atoms with Crippen LogP contribution in [-0.4, -0.2) is 0 Å². The first-order valence-electron chi connectivity index (χ1n) is 6.03. The van der Waals surface area contributed by atoms with Gasteiger partial charge in [0.15, 0.2) is 0 Å². The van der Waals surface area contributed by atoms with Crippen LogP contribution in [0.15, 0.2) is 60.7 Å². The maximum atomic E-state index is 8.07. The van der Waals surface area contributed by atoms with Gasteiger partial charge in [0.1, 0.15) is 0 Å². The zero-order valence-electron chi connectivity index (χ0n) is 10.7. The Morgan fingerprint density at radius 3 is 1.35 bits per heavy atom. The zero-order valence-corrected chi connectivity index (χ0v) is 14.5. The van der Waals surface area contributed by atoms with Crippen molar-refractivity contribution in [1.82, 2.24) is 0 Å². The molecule has 0 saturated carbocycles. The number of nitrogens with one attached hydrogen (secondary N) is 2. The molecule has 0 radical (unpaired) electrons. The van der Waals surface area contributed by atoms with E-state index in [2.05, 4.69) is 0 Å². The summed E-state index contributed by atoms with van der Waals surface area (Å²) in [6, 6.07) is 18.8. The molecule has 0 amide bonds. The predicted octanol–water partition coefficient (Wildman–Crippen LogP) is 6.34. The standard InChI is InChI=1S/C15H16N2.2ClH.Pt/c16-14(12-7-3-1-4-8-12)11-15(17)13-9-5-2-6-10-13;;;/h1-10,14-17H,11H2;2*1H;/q-2;;;+4/p-2. The Balaban J connectivity index is 0.000000612. The third-order valence-electron chi connectivity index (χ3n) is 2.88. The van der Waals surface area contributed by atoms with Crippen LogP contribution in [0, 0.1) is 0 Å². The van der Waals surface area contributed by atoms with Crippen LogP contribution in [0.1, 0.15) is 29.6 Å². The maximum Gasteiger partial charge on any atom is -0.0605 e. The van der Waals surface area contributed by atoms with Gasteiger partial charge in [-0.15, -0.1) is 12.1 Å². The molecule has 5 heteroatoms. The van der Waals surface area contributed by atoms with Crippen molar-refractivity contribution in [2.75, 3.05) is 0 Å². The van der Waals surface area contributed by atoms with Crippen molar-refractivity contribution in [2.24, 2.45) is 0 Å². The molecule has 0 spiro atoms. The van der Waals surface area contributed by atoms with Crippen molar-refractivity contribution >= 4 is 18.8 Å². The average Bonchev–Trinajstić information content (AvgIpc) is 2.50. The largest absolute Gasteiger partial charge is 0.671 e. The molecule has 0 heterocycles. The summed E-state index contributed by atoms with van der Waals surface area (Å²) in [5, 5.41) is 0. The molecule has 2 N–H and O–H groups in total. The summed E-state index contributed by atoms with van der Waals surface area (Å²) in [6.45, 7) is 0. The Morgan fingerprint density at radius 2 is 1.05 bits per heavy atom. The summed E-state index contributed by atoms with van der Waals surface area (Å²) < 4.78 is 0. The fraction of sp³-hybridized carbons (Fsp3) is 0.200. The molecule has 2 aromatic carbocycles. The van der Waals surface area contributed by atoms with Gasteiger partial charge >= 0.3 is 35.3 Å². The van der Waals surface area contributed by atoms with Crippen molar-refractivity contribution in [3.8, 4) is 0 Å². The topological polar surface area (TPSA) is 47.6 Å². The third kappa shape index (κ3) is 6.39. The summed E-state index contributed by atoms with van der Waals surface area (Å²) in [5.41, 5.74) is 18.1. The Kier molecular flexibility index (Phi) is 9.17. The molecule has 0 aliphatic heterocycles. The minimum atomic E-state index is -0.472. The maximum absolute atomic E-state index is 8.07. The predicted molar refractivity (Wildman–Crippen MR) is 83.3 cm³/mol. The number of benzene rings is 2. The molecule has 20 heavy (non-hydrogen) atoms. The van der Waals surface area contributed by atoms with E-state index in [-0.39, 0.29) is 12.1 Å². The van der Waals surface area contributed by atoms with Crippen molar-refractivity contribution < 1.29 is 16.5 Å². The van der Waals surface area contributed by atoms with E-state index in [0.29, 0.717) is 6.42 Å². The van der Waals surface area contributed by atoms with E-state index in [1.807, 2.05) is 60.7 Å². The molecule has 2 aromatic rings. The molecular formula is C15H16Cl2N2Pt. The molecule has 2 rings (SSSR count). The summed E-state index contributed by atoms with van der Waals surface area (Å²) in [7, 11) is 9.75. The van der Waals surface area contributed by atoms with E-state index in [1.165, 1.54) is 0 Å². The molecule has 0 saturated heterocycles. The number of rotatable bonds is 4. The van der Waals surface area contributed by atoms with Crippen molar-refractivity contribution in [1.29, 1.82) is 0 Å². The van der Waals surface area contributed by atoms with E-state index in [1.54, 1.807) is 0 Å². The third-order valence-corrected chi connectivity index (χ3v) is 2.88. The molecule has 0 aliphatic carbocycles. The molecule has 0 aliphatic rings. The Hall–Kier alpha value is -0.372. The normalized spacial score (nSPS) is 13.2. The number of hydrogen-bond acceptors (Lipinski definition) is 0. The Morgan fingerprint density at radius 1 is 0.750 bits per heavy atom. The molecule has 0 aromatic heterocycles. The van der Waals surface area contributed by atoms with Gasteiger partial charge in [-0.1, -0.05) is 78.2 Å². The van der Waals surface area contributed by atoms with Crippen LogP contribution in [-0.2, 0) is 16.5 Å². The van der Waals surface area contributed by atoms with E-state index in [4.69, 9.17) is 30.3 Å². The number of hydrogen-bond donors (Lipinski definition) is 0. The van der Waals surface area contributed by atoms with Gasteiger partial charge in [-0.25, -0.2) is 0 Å². The first-order valence-corrected chi connectivity index (χ1v) is 11.7. The van der Waals surface area contributed by atoms with Gasteiger partial charge in [0, 0.05) is 0 Å². The number of halogens is 2. The van der Waals surface area contributed by atoms with Gasteiger partial charge in [0.2, 0.25) is 0 Å². The first-order chi connectivity index (χ1) is 9.69. The van der Waals surface area contributed by atoms with Gasteiger partial charge < -0.3 is 11.5 Å². The smallest absolute Gasteiger partial charge is 0.0605 e. The average molecular weight is 490 g/mol. The van der Waals surface area contributed by atoms with E-state index < -0.39 is 16.5 Å². The van der Waals surface area contributed by atoms with Crippen molar-refractivity contribution in [3.63, 3.8) is 0 Å². The fourth-order valence-electron chi connectivity index (χ4n) is 1.88. The second-order valence-electron chi connectivity index (χ2n) is 4.21. The SMILES string of the molecule is [Cl][Pt+2][Cl].[NH-]C(CC([NH-])c1ccccc1)c1ccccc1. The monoisotopic (exact) mass is 489 g/mol. The van der Waals surface area contributed by atoms with Crippen molar-refractivity contribution in [2.45, 2.75) is 18.5 Å². The van der Waals surface area contributed by atoms with Crippen LogP contribution in [0.2, 0.25) is 0 Å². The Bertz CT molecular complexity index is 424. The zero-order chi connectivity index (χ0) is 14.8. The van der Waals surface area contributed by atoms with Crippen molar-refractivity contribution in [3.05, 3.63) is 83.3 Å². The quantitative estimate of drug-likeness (QED) is 0.481. The van der Waals surface area contributed by atoms with Crippen LogP contribution in [0.3, 0.4) is 0 Å². The molecule has 2 atom stereocenters. The summed E-state index contributed by atoms with van der Waals surface area (Å²) >= 11 is -0.472. The second kappa shape index (κ2) is 10.4. The van der Waals surface area contributed by atoms with Gasteiger partial charge in [-0.2, -0.15) is 0 Å². The van der Waals surface area contributed by atoms with E-state index in [9.17, 15) is 0 Å². The van der Waals surface area contributed by atoms with Crippen LogP contribution >= 0.6 is 18.8 Å². The van der Waals surface area contributed by atoms with Crippen LogP contribution in [0.5, 0.6) is 0 Å². The summed E-state index contributed by atoms with van der Waals surface area (Å²) in [5.74, 6) is 0. The molecule has 0 bridgehead atoms. The molecular weight excluding hydrogens is 474 g/mol. The second-order valence-corrected chi connectivity index (χ2v) is 7.49. The fourth-order valence-corrected chi connectivity index (χ4v) is 1.88. The Labute approximate surface area is 136 Å². The minimum absolute atomic E-state index is 0.320. The molecule has 2 nitrogen and oxygen atoms in total. The van der Waals surface area contributed by atoms with Gasteiger partial charge in [-0.05, 0) is 0 Å². The minimum Gasteiger partial charge on any atom is -0.671 e. The molecule has 0 fully saturated rings. The first kappa shape index (κ1) is 17.7. The van der Waals surface area contributed by atoms with Gasteiger partial charge in [0.25, 0.3) is 0 Å². The van der Waals surface area contributed by atoms with Crippen LogP contribution in [0.4, 0.5) is 0 Å². The van der Waals surface area contributed by atoms with Crippen LogP contribution in [0.25, 0.3) is 11.5 Å².